The minimum absolute atomic E-state index is 0.0573. The highest BCUT2D eigenvalue weighted by atomic mass is 16.5. The molecule has 0 aliphatic heterocycles. The molecule has 28 heavy (non-hydrogen) atoms. The Morgan fingerprint density at radius 1 is 1.25 bits per heavy atom. The van der Waals surface area contributed by atoms with Crippen LogP contribution in [0.3, 0.4) is 0 Å². The number of Topliss-reactive ketones (excluding diaryl/α,β-unsaturated/α-hetero) is 1. The number of carbonyl (C=O) groups excluding carboxylic acids is 3. The van der Waals surface area contributed by atoms with Gasteiger partial charge in [0.25, 0.3) is 0 Å². The van der Waals surface area contributed by atoms with E-state index in [1.165, 1.54) is 12.5 Å². The maximum absolute atomic E-state index is 12.8. The molecule has 6 atom stereocenters. The van der Waals surface area contributed by atoms with Crippen LogP contribution in [0.4, 0.5) is 0 Å². The van der Waals surface area contributed by atoms with Crippen molar-refractivity contribution in [1.82, 2.24) is 0 Å². The molecule has 0 aromatic rings. The number of hydrogen-bond acceptors (Lipinski definition) is 5. The molecular weight excluding hydrogens is 356 g/mol. The topological polar surface area (TPSA) is 80.7 Å². The van der Waals surface area contributed by atoms with Crippen molar-refractivity contribution in [1.29, 1.82) is 0 Å². The van der Waals surface area contributed by atoms with Gasteiger partial charge in [0.1, 0.15) is 5.60 Å². The van der Waals surface area contributed by atoms with E-state index in [4.69, 9.17) is 4.74 Å². The van der Waals surface area contributed by atoms with Gasteiger partial charge in [-0.05, 0) is 55.6 Å². The molecule has 0 heterocycles. The van der Waals surface area contributed by atoms with Gasteiger partial charge < -0.3 is 9.84 Å². The zero-order valence-corrected chi connectivity index (χ0v) is 16.7. The molecule has 1 N–H and O–H groups in total. The van der Waals surface area contributed by atoms with Gasteiger partial charge in [-0.3, -0.25) is 14.4 Å². The summed E-state index contributed by atoms with van der Waals surface area (Å²) in [5, 5.41) is 11.4. The molecule has 0 saturated heterocycles. The summed E-state index contributed by atoms with van der Waals surface area (Å²) in [6, 6.07) is 0. The first-order valence-corrected chi connectivity index (χ1v) is 10.1. The number of fused-ring (bicyclic) bond motifs is 5. The second kappa shape index (κ2) is 6.24. The predicted molar refractivity (Wildman–Crippen MR) is 103 cm³/mol. The molecule has 150 valence electrons. The van der Waals surface area contributed by atoms with Crippen LogP contribution < -0.4 is 0 Å². The molecule has 0 spiro atoms. The highest BCUT2D eigenvalue weighted by Crippen LogP contribution is 2.64. The van der Waals surface area contributed by atoms with Gasteiger partial charge in [-0.2, -0.15) is 0 Å². The van der Waals surface area contributed by atoms with Crippen molar-refractivity contribution >= 4 is 17.5 Å². The average Bonchev–Trinajstić information content (AvgIpc) is 2.92. The van der Waals surface area contributed by atoms with Gasteiger partial charge in [-0.25, -0.2) is 0 Å². The van der Waals surface area contributed by atoms with Crippen LogP contribution in [0.2, 0.25) is 0 Å². The predicted octanol–water partition coefficient (Wildman–Crippen LogP) is 2.93. The maximum atomic E-state index is 12.8. The smallest absolute Gasteiger partial charge is 0.303 e. The zero-order valence-electron chi connectivity index (χ0n) is 16.7. The van der Waals surface area contributed by atoms with Crippen molar-refractivity contribution in [2.24, 2.45) is 28.6 Å². The number of esters is 1. The SMILES string of the molecule is CC(=O)OCC(=O)[C@@]1(O)CC[C@@H]2[C@H]3CCC4=CC(=O)C=C[C@@]4(C)[C@@H]3C=C[C@@]21C. The van der Waals surface area contributed by atoms with Crippen LogP contribution in [0.15, 0.2) is 36.0 Å². The molecule has 0 unspecified atom stereocenters. The largest absolute Gasteiger partial charge is 0.458 e. The molecular formula is C23H28O5. The lowest BCUT2D eigenvalue weighted by molar-refractivity contribution is -0.159. The molecule has 4 aliphatic rings. The summed E-state index contributed by atoms with van der Waals surface area (Å²) in [4.78, 5) is 35.7. The van der Waals surface area contributed by atoms with E-state index in [0.29, 0.717) is 12.3 Å². The molecule has 5 heteroatoms. The second-order valence-corrected chi connectivity index (χ2v) is 9.27. The standard InChI is InChI=1S/C23H28O5/c1-14(24)28-13-20(26)23(27)11-8-19-17-5-4-15-12-16(25)6-9-21(15,2)18(17)7-10-22(19,23)3/h6-7,9-10,12,17-19,27H,4-5,8,11,13H2,1-3H3/t17-,18+,19+,21+,22-,23-/m0/s1. The lowest BCUT2D eigenvalue weighted by atomic mass is 9.50. The number of ether oxygens (including phenoxy) is 1. The van der Waals surface area contributed by atoms with E-state index in [1.807, 2.05) is 19.1 Å². The number of rotatable bonds is 3. The quantitative estimate of drug-likeness (QED) is 0.598. The van der Waals surface area contributed by atoms with Crippen molar-refractivity contribution in [3.63, 3.8) is 0 Å². The van der Waals surface area contributed by atoms with Crippen LogP contribution in [0, 0.1) is 28.6 Å². The monoisotopic (exact) mass is 384 g/mol. The molecule has 0 radical (unpaired) electrons. The van der Waals surface area contributed by atoms with E-state index < -0.39 is 22.8 Å². The zero-order chi connectivity index (χ0) is 20.3. The van der Waals surface area contributed by atoms with Gasteiger partial charge >= 0.3 is 5.97 Å². The minimum atomic E-state index is -1.51. The summed E-state index contributed by atoms with van der Waals surface area (Å²) in [7, 11) is 0. The summed E-state index contributed by atoms with van der Waals surface area (Å²) in [6.45, 7) is 5.04. The summed E-state index contributed by atoms with van der Waals surface area (Å²) in [5.74, 6) is -0.109. The third-order valence-corrected chi connectivity index (χ3v) is 8.02. The van der Waals surface area contributed by atoms with E-state index in [9.17, 15) is 19.5 Å². The normalized spacial score (nSPS) is 43.6. The summed E-state index contributed by atoms with van der Waals surface area (Å²) in [5.41, 5.74) is -1.17. The molecule has 2 saturated carbocycles. The molecule has 4 rings (SSSR count). The van der Waals surface area contributed by atoms with Crippen LogP contribution in [0.1, 0.15) is 46.5 Å². The van der Waals surface area contributed by atoms with Crippen molar-refractivity contribution in [2.45, 2.75) is 52.1 Å². The van der Waals surface area contributed by atoms with Crippen LogP contribution in [-0.4, -0.2) is 34.9 Å². The number of allylic oxidation sites excluding steroid dienone is 5. The fourth-order valence-electron chi connectivity index (χ4n) is 6.34. The molecule has 0 aromatic heterocycles. The number of aliphatic hydroxyl groups is 1. The summed E-state index contributed by atoms with van der Waals surface area (Å²) < 4.78 is 4.89. The van der Waals surface area contributed by atoms with E-state index in [1.54, 1.807) is 12.2 Å². The van der Waals surface area contributed by atoms with E-state index in [2.05, 4.69) is 13.0 Å². The number of carbonyl (C=O) groups is 3. The van der Waals surface area contributed by atoms with Crippen LogP contribution in [0.25, 0.3) is 0 Å². The van der Waals surface area contributed by atoms with Crippen LogP contribution >= 0.6 is 0 Å². The number of hydrogen-bond donors (Lipinski definition) is 1. The Kier molecular flexibility index (Phi) is 4.31. The minimum Gasteiger partial charge on any atom is -0.458 e. The third kappa shape index (κ3) is 2.52. The molecule has 2 fully saturated rings. The fourth-order valence-corrected chi connectivity index (χ4v) is 6.34. The highest BCUT2D eigenvalue weighted by molar-refractivity contribution is 6.01. The van der Waals surface area contributed by atoms with Crippen molar-refractivity contribution in [3.8, 4) is 0 Å². The first-order valence-electron chi connectivity index (χ1n) is 10.1. The lowest BCUT2D eigenvalue weighted by Gasteiger charge is -2.54. The molecule has 0 aromatic carbocycles. The Morgan fingerprint density at radius 2 is 2.00 bits per heavy atom. The Hall–Kier alpha value is -2.01. The Labute approximate surface area is 165 Å². The van der Waals surface area contributed by atoms with Gasteiger partial charge in [0.15, 0.2) is 12.4 Å². The van der Waals surface area contributed by atoms with Crippen molar-refractivity contribution < 1.29 is 24.2 Å². The Morgan fingerprint density at radius 3 is 2.71 bits per heavy atom. The first kappa shape index (κ1) is 19.3. The van der Waals surface area contributed by atoms with E-state index >= 15 is 0 Å². The lowest BCUT2D eigenvalue weighted by Crippen LogP contribution is -2.56. The summed E-state index contributed by atoms with van der Waals surface area (Å²) in [6.07, 6.45) is 12.6. The molecule has 0 bridgehead atoms. The molecule has 5 nitrogen and oxygen atoms in total. The van der Waals surface area contributed by atoms with Gasteiger partial charge in [-0.15, -0.1) is 0 Å². The van der Waals surface area contributed by atoms with Gasteiger partial charge in [0.05, 0.1) is 0 Å². The Balaban J connectivity index is 1.67. The van der Waals surface area contributed by atoms with Gasteiger partial charge in [-0.1, -0.05) is 37.6 Å². The van der Waals surface area contributed by atoms with Gasteiger partial charge in [0.2, 0.25) is 5.78 Å². The average molecular weight is 384 g/mol. The second-order valence-electron chi connectivity index (χ2n) is 9.27. The third-order valence-electron chi connectivity index (χ3n) is 8.02. The molecule has 0 amide bonds. The van der Waals surface area contributed by atoms with Crippen molar-refractivity contribution in [3.05, 3.63) is 36.0 Å². The van der Waals surface area contributed by atoms with Crippen LogP contribution in [0.5, 0.6) is 0 Å². The summed E-state index contributed by atoms with van der Waals surface area (Å²) >= 11 is 0. The fraction of sp³-hybridized carbons (Fsp3) is 0.609. The Bertz CT molecular complexity index is 836. The molecule has 4 aliphatic carbocycles. The van der Waals surface area contributed by atoms with Crippen LogP contribution in [-0.2, 0) is 19.1 Å². The first-order chi connectivity index (χ1) is 13.1. The van der Waals surface area contributed by atoms with Crippen molar-refractivity contribution in [2.75, 3.05) is 6.61 Å². The number of ketones is 2. The van der Waals surface area contributed by atoms with Gasteiger partial charge in [0, 0.05) is 17.8 Å². The maximum Gasteiger partial charge on any atom is 0.303 e. The highest BCUT2D eigenvalue weighted by Gasteiger charge is 2.64. The van der Waals surface area contributed by atoms with E-state index in [-0.39, 0.29) is 29.6 Å². The van der Waals surface area contributed by atoms with E-state index in [0.717, 1.165) is 19.3 Å².